The molecule has 0 spiro atoms. The van der Waals surface area contributed by atoms with Gasteiger partial charge in [-0.3, -0.25) is 0 Å². The molecule has 200 valence electrons. The average Bonchev–Trinajstić information content (AvgIpc) is 2.89. The van der Waals surface area contributed by atoms with Crippen LogP contribution in [-0.2, 0) is 20.4 Å². The molecule has 2 atom stereocenters. The van der Waals surface area contributed by atoms with E-state index in [9.17, 15) is 19.8 Å². The Balaban J connectivity index is 0. The van der Waals surface area contributed by atoms with E-state index in [1.165, 1.54) is 38.5 Å². The third-order valence-electron chi connectivity index (χ3n) is 7.28. The number of unbranched alkanes of at least 4 members (excludes halogenated alkanes) is 8. The number of carboxylic acids is 2. The standard InChI is InChI=1S/2C16H24O2.Li.Na/c2*1-3-4-5-6-10-13-16(2,15(17)18)14-11-8-7-9-12-14;;/h2*7-9,11-12H,3-6,10,13H2,1-2H3,(H,17,18);;/q;;2*+1/p-2. The van der Waals surface area contributed by atoms with E-state index in [-0.39, 0.29) is 48.4 Å². The molecule has 0 fully saturated rings. The molecule has 0 N–H and O–H groups in total. The molecule has 0 saturated carbocycles. The van der Waals surface area contributed by atoms with Crippen molar-refractivity contribution in [3.8, 4) is 0 Å². The molecule has 6 heteroatoms. The van der Waals surface area contributed by atoms with Crippen LogP contribution < -0.4 is 58.6 Å². The summed E-state index contributed by atoms with van der Waals surface area (Å²) in [5.41, 5.74) is -0.0120. The Morgan fingerprint density at radius 3 is 1.13 bits per heavy atom. The topological polar surface area (TPSA) is 80.3 Å². The van der Waals surface area contributed by atoms with Crippen LogP contribution in [0.5, 0.6) is 0 Å². The van der Waals surface area contributed by atoms with Crippen molar-refractivity contribution in [1.29, 1.82) is 0 Å². The molecule has 0 heterocycles. The SMILES string of the molecule is CCCCCCCC(C)(C(=O)[O-])c1ccccc1.CCCCCCCC(C)(C(=O)[O-])c1ccccc1.[Li+].[Na+]. The number of aliphatic carboxylic acids is 2. The van der Waals surface area contributed by atoms with Crippen molar-refractivity contribution in [3.63, 3.8) is 0 Å². The summed E-state index contributed by atoms with van der Waals surface area (Å²) < 4.78 is 0. The van der Waals surface area contributed by atoms with Crippen molar-refractivity contribution < 1.29 is 68.2 Å². The van der Waals surface area contributed by atoms with Crippen molar-refractivity contribution in [2.45, 2.75) is 116 Å². The monoisotopic (exact) mass is 524 g/mol. The predicted molar refractivity (Wildman–Crippen MR) is 144 cm³/mol. The Labute approximate surface area is 265 Å². The molecular formula is C32H46LiNaO4. The summed E-state index contributed by atoms with van der Waals surface area (Å²) >= 11 is 0. The van der Waals surface area contributed by atoms with Crippen LogP contribution in [0.4, 0.5) is 0 Å². The first-order valence-corrected chi connectivity index (χ1v) is 13.8. The van der Waals surface area contributed by atoms with Gasteiger partial charge in [0.15, 0.2) is 0 Å². The smallest absolute Gasteiger partial charge is 0.549 e. The van der Waals surface area contributed by atoms with Gasteiger partial charge in [0.05, 0.1) is 11.9 Å². The van der Waals surface area contributed by atoms with Crippen LogP contribution in [0.1, 0.15) is 116 Å². The van der Waals surface area contributed by atoms with Gasteiger partial charge in [0, 0.05) is 10.8 Å². The zero-order chi connectivity index (χ0) is 26.9. The first-order chi connectivity index (χ1) is 17.2. The van der Waals surface area contributed by atoms with E-state index in [1.807, 2.05) is 60.7 Å². The summed E-state index contributed by atoms with van der Waals surface area (Å²) in [6.45, 7) is 7.90. The van der Waals surface area contributed by atoms with Crippen LogP contribution in [0.3, 0.4) is 0 Å². The van der Waals surface area contributed by atoms with Crippen LogP contribution in [0.2, 0.25) is 0 Å². The fourth-order valence-corrected chi connectivity index (χ4v) is 4.50. The minimum atomic E-state index is -0.968. The van der Waals surface area contributed by atoms with Gasteiger partial charge in [-0.05, 0) is 24.0 Å². The summed E-state index contributed by atoms with van der Waals surface area (Å²) in [5, 5.41) is 22.9. The van der Waals surface area contributed by atoms with Crippen LogP contribution in [-0.4, -0.2) is 11.9 Å². The average molecular weight is 525 g/mol. The van der Waals surface area contributed by atoms with Gasteiger partial charge in [-0.2, -0.15) is 0 Å². The Morgan fingerprint density at radius 1 is 0.579 bits per heavy atom. The molecule has 0 aromatic heterocycles. The summed E-state index contributed by atoms with van der Waals surface area (Å²) in [7, 11) is 0. The second-order valence-electron chi connectivity index (χ2n) is 10.3. The van der Waals surface area contributed by atoms with Gasteiger partial charge in [-0.1, -0.05) is 153 Å². The number of carboxylic acid groups (broad SMARTS) is 2. The molecule has 0 radical (unpaired) electrons. The maximum absolute atomic E-state index is 11.4. The van der Waals surface area contributed by atoms with Crippen LogP contribution >= 0.6 is 0 Å². The van der Waals surface area contributed by atoms with Crippen molar-refractivity contribution in [2.24, 2.45) is 0 Å². The molecule has 38 heavy (non-hydrogen) atoms. The maximum atomic E-state index is 11.4. The minimum absolute atomic E-state index is 0. The van der Waals surface area contributed by atoms with Crippen molar-refractivity contribution >= 4 is 11.9 Å². The van der Waals surface area contributed by atoms with Crippen LogP contribution in [0.25, 0.3) is 0 Å². The van der Waals surface area contributed by atoms with E-state index in [1.54, 1.807) is 13.8 Å². The van der Waals surface area contributed by atoms with E-state index in [4.69, 9.17) is 0 Å². The zero-order valence-electron chi connectivity index (χ0n) is 24.9. The predicted octanol–water partition coefficient (Wildman–Crippen LogP) is 0.117. The second kappa shape index (κ2) is 21.8. The van der Waals surface area contributed by atoms with E-state index in [0.717, 1.165) is 36.8 Å². The molecule has 0 aliphatic carbocycles. The summed E-state index contributed by atoms with van der Waals surface area (Å²) in [6, 6.07) is 18.8. The molecule has 0 aliphatic rings. The first kappa shape index (κ1) is 39.1. The Kier molecular flexibility index (Phi) is 22.4. The number of carbonyl (C=O) groups is 2. The molecule has 0 saturated heterocycles. The molecule has 2 unspecified atom stereocenters. The minimum Gasteiger partial charge on any atom is -0.549 e. The zero-order valence-corrected chi connectivity index (χ0v) is 26.9. The number of rotatable bonds is 16. The van der Waals surface area contributed by atoms with Gasteiger partial charge in [-0.15, -0.1) is 0 Å². The maximum Gasteiger partial charge on any atom is 1.00 e. The normalized spacial score (nSPS) is 13.4. The molecule has 0 bridgehead atoms. The molecule has 2 rings (SSSR count). The van der Waals surface area contributed by atoms with E-state index < -0.39 is 22.8 Å². The number of hydrogen-bond donors (Lipinski definition) is 0. The molecule has 0 amide bonds. The van der Waals surface area contributed by atoms with Crippen LogP contribution in [0.15, 0.2) is 60.7 Å². The number of hydrogen-bond acceptors (Lipinski definition) is 4. The summed E-state index contributed by atoms with van der Waals surface area (Å²) in [4.78, 5) is 22.9. The van der Waals surface area contributed by atoms with Gasteiger partial charge >= 0.3 is 48.4 Å². The Morgan fingerprint density at radius 2 is 0.868 bits per heavy atom. The summed E-state index contributed by atoms with van der Waals surface area (Å²) in [6.07, 6.45) is 12.6. The van der Waals surface area contributed by atoms with Crippen molar-refractivity contribution in [2.75, 3.05) is 0 Å². The van der Waals surface area contributed by atoms with E-state index in [2.05, 4.69) is 13.8 Å². The fourth-order valence-electron chi connectivity index (χ4n) is 4.50. The van der Waals surface area contributed by atoms with Gasteiger partial charge < -0.3 is 19.8 Å². The molecule has 2 aromatic rings. The van der Waals surface area contributed by atoms with Crippen molar-refractivity contribution in [1.82, 2.24) is 0 Å². The van der Waals surface area contributed by atoms with Crippen molar-refractivity contribution in [3.05, 3.63) is 71.8 Å². The third-order valence-corrected chi connectivity index (χ3v) is 7.28. The molecule has 2 aromatic carbocycles. The number of carbonyl (C=O) groups excluding carboxylic acids is 2. The molecular weight excluding hydrogens is 478 g/mol. The fraction of sp³-hybridized carbons (Fsp3) is 0.562. The van der Waals surface area contributed by atoms with Gasteiger partial charge in [-0.25, -0.2) is 0 Å². The molecule has 0 aliphatic heterocycles. The molecule has 4 nitrogen and oxygen atoms in total. The largest absolute Gasteiger partial charge is 1.00 e. The second-order valence-corrected chi connectivity index (χ2v) is 10.3. The Bertz CT molecular complexity index is 804. The Hall–Kier alpha value is -1.02. The van der Waals surface area contributed by atoms with E-state index >= 15 is 0 Å². The van der Waals surface area contributed by atoms with Gasteiger partial charge in [0.2, 0.25) is 0 Å². The van der Waals surface area contributed by atoms with Gasteiger partial charge in [0.25, 0.3) is 0 Å². The van der Waals surface area contributed by atoms with Gasteiger partial charge in [0.1, 0.15) is 0 Å². The van der Waals surface area contributed by atoms with Crippen LogP contribution in [0, 0.1) is 0 Å². The number of benzene rings is 2. The third kappa shape index (κ3) is 13.4. The van der Waals surface area contributed by atoms with E-state index in [0.29, 0.717) is 12.8 Å². The quantitative estimate of drug-likeness (QED) is 0.231. The summed E-state index contributed by atoms with van der Waals surface area (Å²) in [5.74, 6) is -1.94. The first-order valence-electron chi connectivity index (χ1n) is 13.8.